The van der Waals surface area contributed by atoms with Crippen LogP contribution in [0, 0.1) is 0 Å². The molecule has 0 aliphatic carbocycles. The van der Waals surface area contributed by atoms with Crippen LogP contribution in [0.2, 0.25) is 0 Å². The maximum atomic E-state index is 5.09. The van der Waals surface area contributed by atoms with Crippen molar-refractivity contribution in [2.45, 2.75) is 58.3 Å². The Labute approximate surface area is 85.9 Å². The minimum Gasteiger partial charge on any atom is -0.339 e. The smallest absolute Gasteiger partial charge is 0.232 e. The van der Waals surface area contributed by atoms with E-state index in [1.165, 1.54) is 32.0 Å². The fraction of sp³-hybridized carbons (Fsp3) is 0.818. The first kappa shape index (κ1) is 11.2. The second-order valence-electron chi connectivity index (χ2n) is 4.44. The molecule has 3 nitrogen and oxygen atoms in total. The van der Waals surface area contributed by atoms with Crippen molar-refractivity contribution < 1.29 is 4.52 Å². The molecule has 0 spiro atoms. The van der Waals surface area contributed by atoms with Gasteiger partial charge in [-0.15, -0.1) is 0 Å². The monoisotopic (exact) mass is 196 g/mol. The van der Waals surface area contributed by atoms with Crippen molar-refractivity contribution in [2.24, 2.45) is 0 Å². The van der Waals surface area contributed by atoms with Crippen LogP contribution in [0.25, 0.3) is 0 Å². The quantitative estimate of drug-likeness (QED) is 0.655. The first-order valence-corrected chi connectivity index (χ1v) is 5.44. The van der Waals surface area contributed by atoms with Crippen molar-refractivity contribution in [1.29, 1.82) is 0 Å². The van der Waals surface area contributed by atoms with Gasteiger partial charge in [0, 0.05) is 5.41 Å². The molecule has 0 amide bonds. The van der Waals surface area contributed by atoms with Gasteiger partial charge in [-0.1, -0.05) is 51.6 Å². The molecule has 14 heavy (non-hydrogen) atoms. The molecule has 1 heterocycles. The molecule has 80 valence electrons. The van der Waals surface area contributed by atoms with Gasteiger partial charge in [0.15, 0.2) is 6.33 Å². The number of nitrogens with zero attached hydrogens (tertiary/aromatic N) is 2. The Morgan fingerprint density at radius 1 is 1.29 bits per heavy atom. The van der Waals surface area contributed by atoms with Crippen molar-refractivity contribution in [3.05, 3.63) is 12.2 Å². The molecule has 0 aliphatic rings. The Morgan fingerprint density at radius 3 is 2.64 bits per heavy atom. The van der Waals surface area contributed by atoms with Crippen molar-refractivity contribution in [3.8, 4) is 0 Å². The molecular formula is C11H20N2O. The largest absolute Gasteiger partial charge is 0.339 e. The SMILES string of the molecule is CCCCCCC(C)(C)c1ncno1. The number of rotatable bonds is 6. The van der Waals surface area contributed by atoms with Crippen LogP contribution >= 0.6 is 0 Å². The molecule has 0 N–H and O–H groups in total. The number of unbranched alkanes of at least 4 members (excludes halogenated alkanes) is 3. The van der Waals surface area contributed by atoms with E-state index < -0.39 is 0 Å². The zero-order valence-corrected chi connectivity index (χ0v) is 9.42. The van der Waals surface area contributed by atoms with E-state index in [1.807, 2.05) is 0 Å². The highest BCUT2D eigenvalue weighted by molar-refractivity contribution is 4.96. The summed E-state index contributed by atoms with van der Waals surface area (Å²) in [6.45, 7) is 6.54. The molecule has 1 aromatic heterocycles. The van der Waals surface area contributed by atoms with E-state index in [9.17, 15) is 0 Å². The summed E-state index contributed by atoms with van der Waals surface area (Å²) in [5.41, 5.74) is 0.0320. The Hall–Kier alpha value is -0.860. The molecular weight excluding hydrogens is 176 g/mol. The van der Waals surface area contributed by atoms with Gasteiger partial charge in [0.05, 0.1) is 0 Å². The third-order valence-corrected chi connectivity index (χ3v) is 2.60. The minimum atomic E-state index is 0.0320. The molecule has 0 aromatic carbocycles. The lowest BCUT2D eigenvalue weighted by Crippen LogP contribution is -2.17. The van der Waals surface area contributed by atoms with Crippen LogP contribution < -0.4 is 0 Å². The van der Waals surface area contributed by atoms with E-state index in [0.717, 1.165) is 12.3 Å². The fourth-order valence-corrected chi connectivity index (χ4v) is 1.57. The summed E-state index contributed by atoms with van der Waals surface area (Å²) in [4.78, 5) is 4.11. The van der Waals surface area contributed by atoms with Gasteiger partial charge >= 0.3 is 0 Å². The van der Waals surface area contributed by atoms with Gasteiger partial charge in [-0.2, -0.15) is 4.98 Å². The van der Waals surface area contributed by atoms with Crippen LogP contribution in [-0.2, 0) is 5.41 Å². The standard InChI is InChI=1S/C11H20N2O/c1-4-5-6-7-8-11(2,3)10-12-9-13-14-10/h9H,4-8H2,1-3H3. The summed E-state index contributed by atoms with van der Waals surface area (Å²) in [5.74, 6) is 0.758. The first-order chi connectivity index (χ1) is 6.67. The van der Waals surface area contributed by atoms with Gasteiger partial charge in [0.25, 0.3) is 0 Å². The fourth-order valence-electron chi connectivity index (χ4n) is 1.57. The summed E-state index contributed by atoms with van der Waals surface area (Å²) >= 11 is 0. The number of hydrogen-bond acceptors (Lipinski definition) is 3. The number of aromatic nitrogens is 2. The second kappa shape index (κ2) is 5.13. The summed E-state index contributed by atoms with van der Waals surface area (Å²) in [6, 6.07) is 0. The Kier molecular flexibility index (Phi) is 4.11. The molecule has 0 saturated heterocycles. The van der Waals surface area contributed by atoms with Gasteiger partial charge in [-0.25, -0.2) is 0 Å². The van der Waals surface area contributed by atoms with Gasteiger partial charge < -0.3 is 4.52 Å². The van der Waals surface area contributed by atoms with Crippen LogP contribution in [-0.4, -0.2) is 10.1 Å². The second-order valence-corrected chi connectivity index (χ2v) is 4.44. The molecule has 0 unspecified atom stereocenters. The van der Waals surface area contributed by atoms with Gasteiger partial charge in [-0.3, -0.25) is 0 Å². The molecule has 0 fully saturated rings. The Bertz CT molecular complexity index is 242. The van der Waals surface area contributed by atoms with Gasteiger partial charge in [-0.05, 0) is 6.42 Å². The van der Waals surface area contributed by atoms with Crippen molar-refractivity contribution in [2.75, 3.05) is 0 Å². The lowest BCUT2D eigenvalue weighted by molar-refractivity contribution is 0.289. The third-order valence-electron chi connectivity index (χ3n) is 2.60. The van der Waals surface area contributed by atoms with Gasteiger partial charge in [0.2, 0.25) is 5.89 Å². The maximum Gasteiger partial charge on any atom is 0.232 e. The summed E-state index contributed by atoms with van der Waals surface area (Å²) in [7, 11) is 0. The summed E-state index contributed by atoms with van der Waals surface area (Å²) in [6.07, 6.45) is 7.73. The van der Waals surface area contributed by atoms with E-state index in [4.69, 9.17) is 4.52 Å². The molecule has 0 radical (unpaired) electrons. The molecule has 1 aromatic rings. The van der Waals surface area contributed by atoms with E-state index in [0.29, 0.717) is 0 Å². The van der Waals surface area contributed by atoms with E-state index in [1.54, 1.807) is 0 Å². The lowest BCUT2D eigenvalue weighted by Gasteiger charge is -2.19. The van der Waals surface area contributed by atoms with E-state index in [-0.39, 0.29) is 5.41 Å². The van der Waals surface area contributed by atoms with E-state index >= 15 is 0 Å². The molecule has 3 heteroatoms. The molecule has 1 rings (SSSR count). The average Bonchev–Trinajstić information content (AvgIpc) is 2.65. The van der Waals surface area contributed by atoms with Crippen LogP contribution in [0.15, 0.2) is 10.9 Å². The zero-order valence-electron chi connectivity index (χ0n) is 9.42. The molecule has 0 bridgehead atoms. The average molecular weight is 196 g/mol. The Balaban J connectivity index is 2.35. The van der Waals surface area contributed by atoms with Crippen molar-refractivity contribution in [3.63, 3.8) is 0 Å². The van der Waals surface area contributed by atoms with Gasteiger partial charge in [0.1, 0.15) is 0 Å². The highest BCUT2D eigenvalue weighted by Gasteiger charge is 2.25. The molecule has 0 saturated carbocycles. The topological polar surface area (TPSA) is 38.9 Å². The lowest BCUT2D eigenvalue weighted by atomic mass is 9.87. The zero-order chi connectivity index (χ0) is 10.4. The molecule has 0 atom stereocenters. The highest BCUT2D eigenvalue weighted by Crippen LogP contribution is 2.27. The van der Waals surface area contributed by atoms with Crippen LogP contribution in [0.3, 0.4) is 0 Å². The Morgan fingerprint density at radius 2 is 2.07 bits per heavy atom. The summed E-state index contributed by atoms with van der Waals surface area (Å²) < 4.78 is 5.09. The third kappa shape index (κ3) is 3.13. The highest BCUT2D eigenvalue weighted by atomic mass is 16.5. The van der Waals surface area contributed by atoms with Crippen LogP contribution in [0.1, 0.15) is 58.8 Å². The first-order valence-electron chi connectivity index (χ1n) is 5.44. The predicted octanol–water partition coefficient (Wildman–Crippen LogP) is 3.32. The van der Waals surface area contributed by atoms with Crippen LogP contribution in [0.4, 0.5) is 0 Å². The predicted molar refractivity (Wildman–Crippen MR) is 56.1 cm³/mol. The summed E-state index contributed by atoms with van der Waals surface area (Å²) in [5, 5.41) is 3.65. The van der Waals surface area contributed by atoms with Crippen molar-refractivity contribution >= 4 is 0 Å². The van der Waals surface area contributed by atoms with Crippen molar-refractivity contribution in [1.82, 2.24) is 10.1 Å². The van der Waals surface area contributed by atoms with E-state index in [2.05, 4.69) is 30.9 Å². The number of hydrogen-bond donors (Lipinski definition) is 0. The maximum absolute atomic E-state index is 5.09. The minimum absolute atomic E-state index is 0.0320. The van der Waals surface area contributed by atoms with Crippen LogP contribution in [0.5, 0.6) is 0 Å². The molecule has 0 aliphatic heterocycles. The normalized spacial score (nSPS) is 11.9.